The molecule has 162 valence electrons. The van der Waals surface area contributed by atoms with Crippen LogP contribution in [-0.2, 0) is 4.74 Å². The average molecular weight is 449 g/mol. The first-order chi connectivity index (χ1) is 15.4. The number of ketones is 1. The second kappa shape index (κ2) is 10.3. The van der Waals surface area contributed by atoms with Crippen molar-refractivity contribution in [3.05, 3.63) is 95.6 Å². The van der Waals surface area contributed by atoms with Gasteiger partial charge >= 0.3 is 12.1 Å². The molecule has 3 aromatic rings. The number of nitrogens with one attached hydrogen (secondary N) is 2. The van der Waals surface area contributed by atoms with Crippen LogP contribution in [-0.4, -0.2) is 30.9 Å². The lowest BCUT2D eigenvalue weighted by atomic mass is 10.0. The predicted molar refractivity (Wildman–Crippen MR) is 123 cm³/mol. The number of anilines is 2. The van der Waals surface area contributed by atoms with Crippen molar-refractivity contribution in [3.63, 3.8) is 0 Å². The van der Waals surface area contributed by atoms with E-state index in [1.165, 1.54) is 18.2 Å². The van der Waals surface area contributed by atoms with Crippen LogP contribution < -0.4 is 14.9 Å². The molecule has 0 unspecified atom stereocenters. The van der Waals surface area contributed by atoms with Crippen molar-refractivity contribution in [2.45, 2.75) is 0 Å². The SMILES string of the molecule is COC(=O)NC(=O)N(S)c1cc(C(=O)c2ccccc2)ccc1NC(=O)c1ccccc1. The van der Waals surface area contributed by atoms with Gasteiger partial charge in [0, 0.05) is 16.7 Å². The summed E-state index contributed by atoms with van der Waals surface area (Å²) in [5, 5.41) is 4.67. The molecule has 4 amide bonds. The molecule has 0 aliphatic carbocycles. The fraction of sp³-hybridized carbons (Fsp3) is 0.0435. The molecule has 3 aromatic carbocycles. The molecule has 0 aliphatic heterocycles. The number of carbonyl (C=O) groups is 4. The smallest absolute Gasteiger partial charge is 0.415 e. The normalized spacial score (nSPS) is 10.1. The highest BCUT2D eigenvalue weighted by atomic mass is 32.1. The Labute approximate surface area is 189 Å². The summed E-state index contributed by atoms with van der Waals surface area (Å²) in [6.07, 6.45) is -0.986. The van der Waals surface area contributed by atoms with E-state index in [9.17, 15) is 19.2 Å². The minimum atomic E-state index is -0.986. The summed E-state index contributed by atoms with van der Waals surface area (Å²) < 4.78 is 5.23. The van der Waals surface area contributed by atoms with Gasteiger partial charge in [-0.25, -0.2) is 19.2 Å². The number of methoxy groups -OCH3 is 1. The number of imide groups is 1. The molecule has 0 radical (unpaired) electrons. The lowest BCUT2D eigenvalue weighted by molar-refractivity contribution is 0.102. The third kappa shape index (κ3) is 5.32. The van der Waals surface area contributed by atoms with Crippen LogP contribution in [0.2, 0.25) is 0 Å². The Balaban J connectivity index is 1.98. The Hall–Kier alpha value is -4.11. The molecule has 0 saturated carbocycles. The van der Waals surface area contributed by atoms with Gasteiger partial charge in [-0.1, -0.05) is 61.3 Å². The number of alkyl carbamates (subject to hydrolysis) is 1. The quantitative estimate of drug-likeness (QED) is 0.398. The first-order valence-electron chi connectivity index (χ1n) is 9.39. The van der Waals surface area contributed by atoms with E-state index in [0.717, 1.165) is 11.4 Å². The Morgan fingerprint density at radius 3 is 2.00 bits per heavy atom. The molecular weight excluding hydrogens is 430 g/mol. The van der Waals surface area contributed by atoms with Crippen LogP contribution in [0.25, 0.3) is 0 Å². The number of carbonyl (C=O) groups excluding carboxylic acids is 4. The van der Waals surface area contributed by atoms with Gasteiger partial charge in [0.05, 0.1) is 18.5 Å². The summed E-state index contributed by atoms with van der Waals surface area (Å²) in [4.78, 5) is 49.3. The first kappa shape index (κ1) is 22.6. The molecular formula is C23H19N3O5S. The molecule has 3 rings (SSSR count). The largest absolute Gasteiger partial charge is 0.453 e. The number of hydrogen-bond acceptors (Lipinski definition) is 6. The highest BCUT2D eigenvalue weighted by Gasteiger charge is 2.22. The van der Waals surface area contributed by atoms with Crippen LogP contribution in [0, 0.1) is 0 Å². The molecule has 0 aromatic heterocycles. The molecule has 0 saturated heterocycles. The number of rotatable bonds is 5. The van der Waals surface area contributed by atoms with Crippen LogP contribution >= 0.6 is 12.8 Å². The third-order valence-electron chi connectivity index (χ3n) is 4.40. The lowest BCUT2D eigenvalue weighted by Gasteiger charge is -2.20. The van der Waals surface area contributed by atoms with Crippen LogP contribution in [0.15, 0.2) is 78.9 Å². The predicted octanol–water partition coefficient (Wildman–Crippen LogP) is 4.30. The van der Waals surface area contributed by atoms with Gasteiger partial charge in [-0.3, -0.25) is 9.59 Å². The molecule has 9 heteroatoms. The zero-order valence-corrected chi connectivity index (χ0v) is 17.8. The highest BCUT2D eigenvalue weighted by molar-refractivity contribution is 7.82. The van der Waals surface area contributed by atoms with Gasteiger partial charge in [0.1, 0.15) is 0 Å². The van der Waals surface area contributed by atoms with Gasteiger partial charge in [-0.15, -0.1) is 0 Å². The van der Waals surface area contributed by atoms with Gasteiger partial charge in [-0.2, -0.15) is 0 Å². The molecule has 0 spiro atoms. The fourth-order valence-electron chi connectivity index (χ4n) is 2.79. The molecule has 0 fully saturated rings. The van der Waals surface area contributed by atoms with Crippen LogP contribution in [0.1, 0.15) is 26.3 Å². The Morgan fingerprint density at radius 2 is 1.41 bits per heavy atom. The molecule has 0 aliphatic rings. The van der Waals surface area contributed by atoms with Crippen molar-refractivity contribution in [3.8, 4) is 0 Å². The Kier molecular flexibility index (Phi) is 7.25. The monoisotopic (exact) mass is 449 g/mol. The van der Waals surface area contributed by atoms with E-state index in [-0.39, 0.29) is 22.7 Å². The number of ether oxygens (including phenoxy) is 1. The number of nitrogens with zero attached hydrogens (tertiary/aromatic N) is 1. The lowest BCUT2D eigenvalue weighted by Crippen LogP contribution is -2.38. The van der Waals surface area contributed by atoms with Gasteiger partial charge < -0.3 is 10.1 Å². The number of benzene rings is 3. The van der Waals surface area contributed by atoms with Crippen molar-refractivity contribution in [2.75, 3.05) is 16.7 Å². The summed E-state index contributed by atoms with van der Waals surface area (Å²) in [7, 11) is 1.11. The standard InChI is InChI=1S/C23H19N3O5S/c1-31-23(30)25-22(29)26(32)19-14-17(20(27)15-8-4-2-5-9-15)12-13-18(19)24-21(28)16-10-6-3-7-11-16/h2-14,32H,1H3,(H,24,28)(H,25,29,30). The minimum absolute atomic E-state index is 0.0841. The van der Waals surface area contributed by atoms with E-state index in [1.54, 1.807) is 60.7 Å². The van der Waals surface area contributed by atoms with Crippen LogP contribution in [0.5, 0.6) is 0 Å². The van der Waals surface area contributed by atoms with Crippen molar-refractivity contribution in [1.82, 2.24) is 5.32 Å². The summed E-state index contributed by atoms with van der Waals surface area (Å²) in [6, 6.07) is 20.5. The molecule has 2 N–H and O–H groups in total. The average Bonchev–Trinajstić information content (AvgIpc) is 2.84. The molecule has 0 heterocycles. The summed E-state index contributed by atoms with van der Waals surface area (Å²) in [5.74, 6) is -0.716. The minimum Gasteiger partial charge on any atom is -0.453 e. The maximum absolute atomic E-state index is 12.9. The number of amides is 4. The van der Waals surface area contributed by atoms with E-state index in [2.05, 4.69) is 22.9 Å². The van der Waals surface area contributed by atoms with Gasteiger partial charge in [0.25, 0.3) is 5.91 Å². The summed E-state index contributed by atoms with van der Waals surface area (Å²) >= 11 is 4.16. The Bertz CT molecular complexity index is 1150. The molecule has 0 atom stereocenters. The van der Waals surface area contributed by atoms with E-state index in [1.807, 2.05) is 5.32 Å². The van der Waals surface area contributed by atoms with Crippen LogP contribution in [0.4, 0.5) is 21.0 Å². The fourth-order valence-corrected chi connectivity index (χ4v) is 3.01. The summed E-state index contributed by atoms with van der Waals surface area (Å²) in [5.41, 5.74) is 1.39. The highest BCUT2D eigenvalue weighted by Crippen LogP contribution is 2.30. The van der Waals surface area contributed by atoms with Crippen molar-refractivity contribution in [1.29, 1.82) is 0 Å². The number of hydrogen-bond donors (Lipinski definition) is 3. The van der Waals surface area contributed by atoms with Gasteiger partial charge in [-0.05, 0) is 30.3 Å². The van der Waals surface area contributed by atoms with Crippen molar-refractivity contribution < 1.29 is 23.9 Å². The van der Waals surface area contributed by atoms with E-state index in [0.29, 0.717) is 11.1 Å². The van der Waals surface area contributed by atoms with Crippen molar-refractivity contribution in [2.24, 2.45) is 0 Å². The topological polar surface area (TPSA) is 105 Å². The van der Waals surface area contributed by atoms with Gasteiger partial charge in [0.2, 0.25) is 0 Å². The van der Waals surface area contributed by atoms with E-state index < -0.39 is 18.0 Å². The third-order valence-corrected chi connectivity index (χ3v) is 4.79. The zero-order valence-electron chi connectivity index (χ0n) is 16.9. The first-order valence-corrected chi connectivity index (χ1v) is 9.79. The second-order valence-corrected chi connectivity index (χ2v) is 6.88. The van der Waals surface area contributed by atoms with Crippen molar-refractivity contribution >= 4 is 48.0 Å². The van der Waals surface area contributed by atoms with Gasteiger partial charge in [0.15, 0.2) is 5.78 Å². The zero-order chi connectivity index (χ0) is 23.1. The maximum Gasteiger partial charge on any atom is 0.415 e. The number of thiol groups is 1. The molecule has 0 bridgehead atoms. The maximum atomic E-state index is 12.9. The second-order valence-electron chi connectivity index (χ2n) is 6.48. The summed E-state index contributed by atoms with van der Waals surface area (Å²) in [6.45, 7) is 0. The Morgan fingerprint density at radius 1 is 0.812 bits per heavy atom. The van der Waals surface area contributed by atoms with E-state index in [4.69, 9.17) is 0 Å². The molecule has 32 heavy (non-hydrogen) atoms. The number of urea groups is 1. The van der Waals surface area contributed by atoms with E-state index >= 15 is 0 Å². The van der Waals surface area contributed by atoms with Crippen LogP contribution in [0.3, 0.4) is 0 Å². The molecule has 8 nitrogen and oxygen atoms in total.